The fraction of sp³-hybridized carbons (Fsp3) is 0.684. The van der Waals surface area contributed by atoms with E-state index in [9.17, 15) is 4.39 Å². The van der Waals surface area contributed by atoms with Crippen LogP contribution in [0.2, 0.25) is 0 Å². The molecule has 0 spiro atoms. The van der Waals surface area contributed by atoms with E-state index in [-0.39, 0.29) is 5.82 Å². The highest BCUT2D eigenvalue weighted by Crippen LogP contribution is 2.19. The van der Waals surface area contributed by atoms with Gasteiger partial charge in [-0.25, -0.2) is 4.39 Å². The van der Waals surface area contributed by atoms with Gasteiger partial charge in [0.25, 0.3) is 0 Å². The first-order valence-corrected chi connectivity index (χ1v) is 8.63. The van der Waals surface area contributed by atoms with Crippen LogP contribution in [-0.2, 0) is 0 Å². The Balaban J connectivity index is 1.93. The van der Waals surface area contributed by atoms with E-state index in [0.717, 1.165) is 24.3 Å². The zero-order valence-corrected chi connectivity index (χ0v) is 13.8. The summed E-state index contributed by atoms with van der Waals surface area (Å²) in [5.41, 5.74) is 0.877. The average molecular weight is 294 g/mol. The predicted octanol–water partition coefficient (Wildman–Crippen LogP) is 6.43. The highest BCUT2D eigenvalue weighted by atomic mass is 19.1. The van der Waals surface area contributed by atoms with Crippen LogP contribution < -0.4 is 4.74 Å². The summed E-state index contributed by atoms with van der Waals surface area (Å²) >= 11 is 0. The van der Waals surface area contributed by atoms with E-state index in [4.69, 9.17) is 4.74 Å². The van der Waals surface area contributed by atoms with E-state index < -0.39 is 0 Å². The number of ether oxygens (including phenoxy) is 1. The quantitative estimate of drug-likeness (QED) is 0.403. The molecule has 1 rings (SSSR count). The molecule has 0 aliphatic carbocycles. The SMILES string of the molecule is CCCCCCCCCCCCOc1ccc(F)cc1C. The maximum atomic E-state index is 13.0. The first kappa shape index (κ1) is 18.0. The van der Waals surface area contributed by atoms with Crippen molar-refractivity contribution in [1.29, 1.82) is 0 Å². The van der Waals surface area contributed by atoms with Crippen LogP contribution in [0, 0.1) is 12.7 Å². The van der Waals surface area contributed by atoms with Gasteiger partial charge in [0.05, 0.1) is 6.61 Å². The predicted molar refractivity (Wildman–Crippen MR) is 88.5 cm³/mol. The van der Waals surface area contributed by atoms with Crippen LogP contribution in [0.25, 0.3) is 0 Å². The maximum Gasteiger partial charge on any atom is 0.123 e. The average Bonchev–Trinajstić information content (AvgIpc) is 2.46. The minimum absolute atomic E-state index is 0.196. The topological polar surface area (TPSA) is 9.23 Å². The molecule has 120 valence electrons. The minimum atomic E-state index is -0.196. The molecular formula is C19H31FO. The molecule has 0 aromatic heterocycles. The molecule has 21 heavy (non-hydrogen) atoms. The van der Waals surface area contributed by atoms with Crippen LogP contribution in [0.1, 0.15) is 76.7 Å². The molecule has 1 aromatic carbocycles. The van der Waals surface area contributed by atoms with Gasteiger partial charge in [0.15, 0.2) is 0 Å². The molecule has 1 nitrogen and oxygen atoms in total. The van der Waals surface area contributed by atoms with Gasteiger partial charge in [0, 0.05) is 0 Å². The van der Waals surface area contributed by atoms with Crippen LogP contribution >= 0.6 is 0 Å². The van der Waals surface area contributed by atoms with Crippen LogP contribution in [0.4, 0.5) is 4.39 Å². The first-order chi connectivity index (χ1) is 10.2. The fourth-order valence-corrected chi connectivity index (χ4v) is 2.55. The van der Waals surface area contributed by atoms with Gasteiger partial charge in [-0.1, -0.05) is 64.7 Å². The molecular weight excluding hydrogens is 263 g/mol. The van der Waals surface area contributed by atoms with E-state index >= 15 is 0 Å². The van der Waals surface area contributed by atoms with Crippen LogP contribution in [0.5, 0.6) is 5.75 Å². The normalized spacial score (nSPS) is 10.8. The lowest BCUT2D eigenvalue weighted by atomic mass is 10.1. The maximum absolute atomic E-state index is 13.0. The number of hydrogen-bond acceptors (Lipinski definition) is 1. The summed E-state index contributed by atoms with van der Waals surface area (Å²) in [4.78, 5) is 0. The third-order valence-electron chi connectivity index (χ3n) is 3.89. The minimum Gasteiger partial charge on any atom is -0.493 e. The van der Waals surface area contributed by atoms with Crippen LogP contribution in [0.3, 0.4) is 0 Å². The number of rotatable bonds is 12. The smallest absolute Gasteiger partial charge is 0.123 e. The molecule has 0 aliphatic rings. The lowest BCUT2D eigenvalue weighted by Gasteiger charge is -2.09. The standard InChI is InChI=1S/C19H31FO/c1-3-4-5-6-7-8-9-10-11-12-15-21-19-14-13-18(20)16-17(19)2/h13-14,16H,3-12,15H2,1-2H3. The Hall–Kier alpha value is -1.05. The zero-order chi connectivity index (χ0) is 15.3. The van der Waals surface area contributed by atoms with Crippen molar-refractivity contribution in [2.45, 2.75) is 78.1 Å². The summed E-state index contributed by atoms with van der Waals surface area (Å²) < 4.78 is 18.6. The Labute approximate surface area is 129 Å². The Morgan fingerprint density at radius 3 is 2.00 bits per heavy atom. The van der Waals surface area contributed by atoms with Crippen molar-refractivity contribution in [1.82, 2.24) is 0 Å². The molecule has 0 saturated heterocycles. The second kappa shape index (κ2) is 11.6. The zero-order valence-electron chi connectivity index (χ0n) is 13.8. The second-order valence-electron chi connectivity index (χ2n) is 5.94. The number of unbranched alkanes of at least 4 members (excludes halogenated alkanes) is 9. The molecule has 0 heterocycles. The van der Waals surface area contributed by atoms with Crippen molar-refractivity contribution >= 4 is 0 Å². The Morgan fingerprint density at radius 2 is 1.43 bits per heavy atom. The molecule has 0 N–H and O–H groups in total. The number of hydrogen-bond donors (Lipinski definition) is 0. The molecule has 1 aromatic rings. The van der Waals surface area contributed by atoms with Crippen LogP contribution in [-0.4, -0.2) is 6.61 Å². The number of aryl methyl sites for hydroxylation is 1. The molecule has 0 bridgehead atoms. The molecule has 0 unspecified atom stereocenters. The summed E-state index contributed by atoms with van der Waals surface area (Å²) in [5.74, 6) is 0.617. The molecule has 0 amide bonds. The largest absolute Gasteiger partial charge is 0.493 e. The summed E-state index contributed by atoms with van der Waals surface area (Å²) in [5, 5.41) is 0. The van der Waals surface area contributed by atoms with Gasteiger partial charge < -0.3 is 4.74 Å². The van der Waals surface area contributed by atoms with Gasteiger partial charge >= 0.3 is 0 Å². The van der Waals surface area contributed by atoms with Crippen molar-refractivity contribution in [3.05, 3.63) is 29.6 Å². The summed E-state index contributed by atoms with van der Waals surface area (Å²) in [6.45, 7) is 4.88. The monoisotopic (exact) mass is 294 g/mol. The highest BCUT2D eigenvalue weighted by molar-refractivity contribution is 5.32. The van der Waals surface area contributed by atoms with E-state index in [1.54, 1.807) is 6.07 Å². The van der Waals surface area contributed by atoms with Crippen LogP contribution in [0.15, 0.2) is 18.2 Å². The Kier molecular flexibility index (Phi) is 9.94. The van der Waals surface area contributed by atoms with Crippen molar-refractivity contribution in [3.63, 3.8) is 0 Å². The van der Waals surface area contributed by atoms with E-state index in [1.165, 1.54) is 69.9 Å². The van der Waals surface area contributed by atoms with Crippen molar-refractivity contribution < 1.29 is 9.13 Å². The van der Waals surface area contributed by atoms with Crippen molar-refractivity contribution in [3.8, 4) is 5.75 Å². The van der Waals surface area contributed by atoms with Gasteiger partial charge in [0.2, 0.25) is 0 Å². The van der Waals surface area contributed by atoms with Crippen molar-refractivity contribution in [2.24, 2.45) is 0 Å². The van der Waals surface area contributed by atoms with Crippen molar-refractivity contribution in [2.75, 3.05) is 6.61 Å². The summed E-state index contributed by atoms with van der Waals surface area (Å²) in [6.07, 6.45) is 13.3. The molecule has 0 radical (unpaired) electrons. The third kappa shape index (κ3) is 8.75. The molecule has 0 saturated carbocycles. The Morgan fingerprint density at radius 1 is 0.857 bits per heavy atom. The molecule has 0 aliphatic heterocycles. The van der Waals surface area contributed by atoms with Gasteiger partial charge in [-0.2, -0.15) is 0 Å². The van der Waals surface area contributed by atoms with Gasteiger partial charge in [0.1, 0.15) is 11.6 Å². The van der Waals surface area contributed by atoms with Gasteiger partial charge in [-0.05, 0) is 37.1 Å². The van der Waals surface area contributed by atoms with Gasteiger partial charge in [-0.15, -0.1) is 0 Å². The van der Waals surface area contributed by atoms with E-state index in [0.29, 0.717) is 0 Å². The number of halogens is 1. The summed E-state index contributed by atoms with van der Waals surface area (Å²) in [7, 11) is 0. The Bertz CT molecular complexity index is 376. The van der Waals surface area contributed by atoms with E-state index in [1.807, 2.05) is 6.92 Å². The second-order valence-corrected chi connectivity index (χ2v) is 5.94. The summed E-state index contributed by atoms with van der Waals surface area (Å²) in [6, 6.07) is 4.70. The fourth-order valence-electron chi connectivity index (χ4n) is 2.55. The van der Waals surface area contributed by atoms with Gasteiger partial charge in [-0.3, -0.25) is 0 Å². The molecule has 0 fully saturated rings. The highest BCUT2D eigenvalue weighted by Gasteiger charge is 2.00. The third-order valence-corrected chi connectivity index (χ3v) is 3.89. The lowest BCUT2D eigenvalue weighted by Crippen LogP contribution is -1.99. The van der Waals surface area contributed by atoms with E-state index in [2.05, 4.69) is 6.92 Å². The lowest BCUT2D eigenvalue weighted by molar-refractivity contribution is 0.302. The molecule has 0 atom stereocenters. The first-order valence-electron chi connectivity index (χ1n) is 8.63. The number of benzene rings is 1. The molecule has 2 heteroatoms.